The lowest BCUT2D eigenvalue weighted by Gasteiger charge is -2.15. The van der Waals surface area contributed by atoms with E-state index in [-0.39, 0.29) is 11.6 Å². The van der Waals surface area contributed by atoms with Crippen LogP contribution in [0.15, 0.2) is 22.7 Å². The maximum Gasteiger partial charge on any atom is 0.416 e. The molecule has 2 nitrogen and oxygen atoms in total. The van der Waals surface area contributed by atoms with Crippen molar-refractivity contribution in [2.45, 2.75) is 32.0 Å². The summed E-state index contributed by atoms with van der Waals surface area (Å²) in [4.78, 5) is 12.0. The molecule has 0 aliphatic heterocycles. The van der Waals surface area contributed by atoms with Gasteiger partial charge in [-0.25, -0.2) is 0 Å². The zero-order chi connectivity index (χ0) is 15.3. The molecule has 0 aromatic heterocycles. The van der Waals surface area contributed by atoms with Crippen LogP contribution in [0.25, 0.3) is 0 Å². The van der Waals surface area contributed by atoms with Crippen LogP contribution in [-0.2, 0) is 6.18 Å². The minimum absolute atomic E-state index is 0.00878. The Kier molecular flexibility index (Phi) is 6.51. The number of alkyl halides is 4. The van der Waals surface area contributed by atoms with Crippen molar-refractivity contribution in [3.05, 3.63) is 33.8 Å². The van der Waals surface area contributed by atoms with E-state index in [1.54, 1.807) is 0 Å². The number of halogens is 5. The lowest BCUT2D eigenvalue weighted by molar-refractivity contribution is -0.137. The lowest BCUT2D eigenvalue weighted by Crippen LogP contribution is -2.33. The van der Waals surface area contributed by atoms with Crippen molar-refractivity contribution < 1.29 is 18.0 Å². The normalized spacial score (nSPS) is 13.1. The van der Waals surface area contributed by atoms with E-state index < -0.39 is 17.6 Å². The predicted molar refractivity (Wildman–Crippen MR) is 79.1 cm³/mol. The molecule has 0 saturated heterocycles. The highest BCUT2D eigenvalue weighted by Gasteiger charge is 2.31. The number of nitrogens with one attached hydrogen (secondary N) is 1. The number of hydrogen-bond acceptors (Lipinski definition) is 1. The molecule has 1 atom stereocenters. The van der Waals surface area contributed by atoms with Gasteiger partial charge in [-0.2, -0.15) is 13.2 Å². The van der Waals surface area contributed by atoms with Crippen LogP contribution in [0.5, 0.6) is 0 Å². The van der Waals surface area contributed by atoms with E-state index in [9.17, 15) is 18.0 Å². The molecule has 0 bridgehead atoms. The van der Waals surface area contributed by atoms with Gasteiger partial charge in [-0.1, -0.05) is 15.9 Å². The largest absolute Gasteiger partial charge is 0.416 e. The van der Waals surface area contributed by atoms with E-state index in [0.717, 1.165) is 30.3 Å². The second-order valence-corrected chi connectivity index (χ2v) is 6.05. The number of amides is 1. The molecular formula is C13H14Br2F3NO. The van der Waals surface area contributed by atoms with Crippen molar-refractivity contribution in [2.75, 3.05) is 5.33 Å². The van der Waals surface area contributed by atoms with Gasteiger partial charge in [-0.15, -0.1) is 0 Å². The first-order chi connectivity index (χ1) is 9.25. The molecule has 1 amide bonds. The van der Waals surface area contributed by atoms with Crippen molar-refractivity contribution in [3.63, 3.8) is 0 Å². The molecule has 0 fully saturated rings. The highest BCUT2D eigenvalue weighted by atomic mass is 79.9. The van der Waals surface area contributed by atoms with E-state index in [1.165, 1.54) is 6.07 Å². The van der Waals surface area contributed by atoms with Gasteiger partial charge >= 0.3 is 6.18 Å². The summed E-state index contributed by atoms with van der Waals surface area (Å²) < 4.78 is 38.3. The van der Waals surface area contributed by atoms with Gasteiger partial charge in [0.15, 0.2) is 0 Å². The summed E-state index contributed by atoms with van der Waals surface area (Å²) in [5, 5.41) is 3.51. The number of benzene rings is 1. The van der Waals surface area contributed by atoms with E-state index in [1.807, 2.05) is 6.92 Å². The molecule has 0 aliphatic carbocycles. The fourth-order valence-electron chi connectivity index (χ4n) is 1.63. The summed E-state index contributed by atoms with van der Waals surface area (Å²) in [6, 6.07) is 2.94. The molecule has 0 saturated carbocycles. The number of hydrogen-bond donors (Lipinski definition) is 1. The smallest absolute Gasteiger partial charge is 0.350 e. The Balaban J connectivity index is 2.87. The lowest BCUT2D eigenvalue weighted by atomic mass is 10.1. The average molecular weight is 417 g/mol. The third-order valence-corrected chi connectivity index (χ3v) is 3.94. The Morgan fingerprint density at radius 2 is 2.05 bits per heavy atom. The van der Waals surface area contributed by atoms with Gasteiger partial charge in [-0.05, 0) is 53.9 Å². The Hall–Kier alpha value is -0.560. The summed E-state index contributed by atoms with van der Waals surface area (Å²) in [6.45, 7) is 1.82. The minimum atomic E-state index is -4.46. The zero-order valence-corrected chi connectivity index (χ0v) is 13.9. The standard InChI is InChI=1S/C13H14Br2F3NO/c1-8(3-2-6-14)19-12(20)10-7-9(13(16,17)18)4-5-11(10)15/h4-5,7-8H,2-3,6H2,1H3,(H,19,20). The summed E-state index contributed by atoms with van der Waals surface area (Å²) in [5.74, 6) is -0.509. The van der Waals surface area contributed by atoms with Crippen LogP contribution in [0.2, 0.25) is 0 Å². The molecule has 0 heterocycles. The summed E-state index contributed by atoms with van der Waals surface area (Å²) in [5.41, 5.74) is -0.843. The van der Waals surface area contributed by atoms with E-state index in [2.05, 4.69) is 37.2 Å². The van der Waals surface area contributed by atoms with Crippen LogP contribution in [-0.4, -0.2) is 17.3 Å². The van der Waals surface area contributed by atoms with Gasteiger partial charge in [0.25, 0.3) is 5.91 Å². The molecule has 7 heteroatoms. The van der Waals surface area contributed by atoms with Crippen LogP contribution >= 0.6 is 31.9 Å². The molecular weight excluding hydrogens is 403 g/mol. The van der Waals surface area contributed by atoms with Crippen molar-refractivity contribution in [2.24, 2.45) is 0 Å². The van der Waals surface area contributed by atoms with Gasteiger partial charge in [0.05, 0.1) is 11.1 Å². The number of rotatable bonds is 5. The molecule has 1 unspecified atom stereocenters. The van der Waals surface area contributed by atoms with Crippen molar-refractivity contribution in [1.29, 1.82) is 0 Å². The minimum Gasteiger partial charge on any atom is -0.350 e. The fraction of sp³-hybridized carbons (Fsp3) is 0.462. The van der Waals surface area contributed by atoms with Gasteiger partial charge in [-0.3, -0.25) is 4.79 Å². The Morgan fingerprint density at radius 3 is 2.60 bits per heavy atom. The van der Waals surface area contributed by atoms with Crippen molar-refractivity contribution in [1.82, 2.24) is 5.32 Å². The maximum absolute atomic E-state index is 12.6. The van der Waals surface area contributed by atoms with Gasteiger partial charge < -0.3 is 5.32 Å². The summed E-state index contributed by atoms with van der Waals surface area (Å²) >= 11 is 6.39. The number of carbonyl (C=O) groups is 1. The van der Waals surface area contributed by atoms with Crippen LogP contribution in [0, 0.1) is 0 Å². The Morgan fingerprint density at radius 1 is 1.40 bits per heavy atom. The number of carbonyl (C=O) groups excluding carboxylic acids is 1. The van der Waals surface area contributed by atoms with Gasteiger partial charge in [0.2, 0.25) is 0 Å². The van der Waals surface area contributed by atoms with Crippen LogP contribution in [0.3, 0.4) is 0 Å². The van der Waals surface area contributed by atoms with E-state index >= 15 is 0 Å². The monoisotopic (exact) mass is 415 g/mol. The first-order valence-electron chi connectivity index (χ1n) is 5.99. The third-order valence-electron chi connectivity index (χ3n) is 2.69. The highest BCUT2D eigenvalue weighted by molar-refractivity contribution is 9.10. The first kappa shape index (κ1) is 17.5. The van der Waals surface area contributed by atoms with E-state index in [0.29, 0.717) is 4.47 Å². The molecule has 1 N–H and O–H groups in total. The quantitative estimate of drug-likeness (QED) is 0.688. The second-order valence-electron chi connectivity index (χ2n) is 4.40. The van der Waals surface area contributed by atoms with Crippen LogP contribution in [0.1, 0.15) is 35.7 Å². The third kappa shape index (κ3) is 5.09. The Bertz CT molecular complexity index is 477. The molecule has 0 spiro atoms. The molecule has 1 aromatic rings. The highest BCUT2D eigenvalue weighted by Crippen LogP contribution is 2.31. The second kappa shape index (κ2) is 7.45. The molecule has 1 aromatic carbocycles. The first-order valence-corrected chi connectivity index (χ1v) is 7.90. The fourth-order valence-corrected chi connectivity index (χ4v) is 2.38. The molecule has 20 heavy (non-hydrogen) atoms. The predicted octanol–water partition coefficient (Wildman–Crippen LogP) is 4.76. The maximum atomic E-state index is 12.6. The molecule has 0 radical (unpaired) electrons. The van der Waals surface area contributed by atoms with Gasteiger partial charge in [0.1, 0.15) is 0 Å². The average Bonchev–Trinajstić information content (AvgIpc) is 2.35. The molecule has 112 valence electrons. The summed E-state index contributed by atoms with van der Waals surface area (Å²) in [7, 11) is 0. The van der Waals surface area contributed by atoms with Crippen molar-refractivity contribution >= 4 is 37.8 Å². The zero-order valence-electron chi connectivity index (χ0n) is 10.7. The van der Waals surface area contributed by atoms with Crippen LogP contribution in [0.4, 0.5) is 13.2 Å². The Labute approximate surface area is 132 Å². The molecule has 0 aliphatic rings. The van der Waals surface area contributed by atoms with Gasteiger partial charge in [0, 0.05) is 15.8 Å². The topological polar surface area (TPSA) is 29.1 Å². The molecule has 1 rings (SSSR count). The van der Waals surface area contributed by atoms with Crippen molar-refractivity contribution in [3.8, 4) is 0 Å². The van der Waals surface area contributed by atoms with E-state index in [4.69, 9.17) is 0 Å². The SMILES string of the molecule is CC(CCCBr)NC(=O)c1cc(C(F)(F)F)ccc1Br. The van der Waals surface area contributed by atoms with Crippen LogP contribution < -0.4 is 5.32 Å². The summed E-state index contributed by atoms with van der Waals surface area (Å²) in [6.07, 6.45) is -2.82.